The second kappa shape index (κ2) is 5.89. The molecule has 1 unspecified atom stereocenters. The molecule has 2 aromatic rings. The van der Waals surface area contributed by atoms with Gasteiger partial charge in [-0.2, -0.15) is 0 Å². The Balaban J connectivity index is 2.00. The number of carboxylic acids is 1. The van der Waals surface area contributed by atoms with E-state index in [0.717, 1.165) is 20.8 Å². The molecule has 0 bridgehead atoms. The summed E-state index contributed by atoms with van der Waals surface area (Å²) < 4.78 is 26.3. The molecule has 0 saturated heterocycles. The van der Waals surface area contributed by atoms with Gasteiger partial charge in [-0.15, -0.1) is 0 Å². The fraction of sp³-hybridized carbons (Fsp3) is 0.118. The molecule has 1 aliphatic heterocycles. The van der Waals surface area contributed by atoms with Crippen LogP contribution in [0.5, 0.6) is 0 Å². The number of benzene rings is 2. The van der Waals surface area contributed by atoms with Crippen LogP contribution in [0.3, 0.4) is 0 Å². The molecule has 1 aliphatic rings. The average molecular weight is 329 g/mol. The third-order valence-corrected chi connectivity index (χ3v) is 5.20. The van der Waals surface area contributed by atoms with Gasteiger partial charge in [0.05, 0.1) is 11.1 Å². The zero-order valence-electron chi connectivity index (χ0n) is 12.2. The molecule has 1 atom stereocenters. The van der Waals surface area contributed by atoms with Crippen LogP contribution in [0.4, 0.5) is 5.69 Å². The number of rotatable bonds is 4. The Labute approximate surface area is 134 Å². The van der Waals surface area contributed by atoms with Crippen molar-refractivity contribution in [2.24, 2.45) is 0 Å². The number of carbonyl (C=O) groups is 1. The van der Waals surface area contributed by atoms with Crippen LogP contribution in [-0.2, 0) is 21.2 Å². The van der Waals surface area contributed by atoms with E-state index in [9.17, 15) is 18.3 Å². The fourth-order valence-electron chi connectivity index (χ4n) is 2.65. The molecule has 1 heterocycles. The van der Waals surface area contributed by atoms with Crippen molar-refractivity contribution in [3.63, 3.8) is 0 Å². The number of nitrogens with zero attached hydrogens (tertiary/aromatic N) is 1. The largest absolute Gasteiger partial charge is 0.480 e. The Morgan fingerprint density at radius 3 is 2.43 bits per heavy atom. The van der Waals surface area contributed by atoms with Gasteiger partial charge in [-0.25, -0.2) is 13.2 Å². The molecule has 0 radical (unpaired) electrons. The van der Waals surface area contributed by atoms with Crippen molar-refractivity contribution >= 4 is 27.8 Å². The van der Waals surface area contributed by atoms with Gasteiger partial charge in [0, 0.05) is 6.42 Å². The van der Waals surface area contributed by atoms with Gasteiger partial charge in [-0.05, 0) is 23.3 Å². The predicted octanol–water partition coefficient (Wildman–Crippen LogP) is 2.50. The van der Waals surface area contributed by atoms with E-state index in [2.05, 4.69) is 0 Å². The molecule has 118 valence electrons. The van der Waals surface area contributed by atoms with Crippen molar-refractivity contribution in [2.75, 3.05) is 4.31 Å². The standard InChI is InChI=1S/C17H15NO4S/c19-17(20)16-12-14-8-4-5-9-15(14)18(16)23(21,22)11-10-13-6-2-1-3-7-13/h1-11,16H,12H2,(H,19,20). The first-order valence-corrected chi connectivity index (χ1v) is 8.57. The van der Waals surface area contributed by atoms with Gasteiger partial charge < -0.3 is 5.11 Å². The number of hydrogen-bond donors (Lipinski definition) is 1. The molecule has 0 aliphatic carbocycles. The van der Waals surface area contributed by atoms with Gasteiger partial charge in [0.25, 0.3) is 10.0 Å². The predicted molar refractivity (Wildman–Crippen MR) is 88.4 cm³/mol. The van der Waals surface area contributed by atoms with Crippen LogP contribution < -0.4 is 4.31 Å². The summed E-state index contributed by atoms with van der Waals surface area (Å²) in [6, 6.07) is 14.7. The van der Waals surface area contributed by atoms with Gasteiger partial charge in [0.1, 0.15) is 6.04 Å². The Kier molecular flexibility index (Phi) is 3.92. The highest BCUT2D eigenvalue weighted by atomic mass is 32.2. The Morgan fingerprint density at radius 2 is 1.74 bits per heavy atom. The first kappa shape index (κ1) is 15.3. The van der Waals surface area contributed by atoms with E-state index in [-0.39, 0.29) is 6.42 Å². The van der Waals surface area contributed by atoms with Gasteiger partial charge >= 0.3 is 5.97 Å². The molecular weight excluding hydrogens is 314 g/mol. The number of sulfonamides is 1. The number of carboxylic acid groups (broad SMARTS) is 1. The van der Waals surface area contributed by atoms with E-state index < -0.39 is 22.0 Å². The molecule has 0 aromatic heterocycles. The molecule has 6 heteroatoms. The fourth-order valence-corrected chi connectivity index (χ4v) is 4.09. The highest BCUT2D eigenvalue weighted by Gasteiger charge is 2.40. The SMILES string of the molecule is O=C(O)C1Cc2ccccc2N1S(=O)(=O)C=Cc1ccccc1. The third-order valence-electron chi connectivity index (χ3n) is 3.72. The highest BCUT2D eigenvalue weighted by molar-refractivity contribution is 7.95. The van der Waals surface area contributed by atoms with E-state index >= 15 is 0 Å². The van der Waals surface area contributed by atoms with Crippen molar-refractivity contribution in [2.45, 2.75) is 12.5 Å². The van der Waals surface area contributed by atoms with Crippen molar-refractivity contribution in [1.82, 2.24) is 0 Å². The minimum absolute atomic E-state index is 0.171. The van der Waals surface area contributed by atoms with E-state index in [4.69, 9.17) is 0 Å². The van der Waals surface area contributed by atoms with Crippen LogP contribution in [0.15, 0.2) is 60.0 Å². The second-order valence-corrected chi connectivity index (χ2v) is 6.94. The summed E-state index contributed by atoms with van der Waals surface area (Å²) in [5.41, 5.74) is 1.88. The lowest BCUT2D eigenvalue weighted by atomic mass is 10.1. The van der Waals surface area contributed by atoms with Crippen molar-refractivity contribution in [1.29, 1.82) is 0 Å². The number of anilines is 1. The molecule has 0 fully saturated rings. The average Bonchev–Trinajstić information content (AvgIpc) is 2.95. The van der Waals surface area contributed by atoms with Crippen molar-refractivity contribution < 1.29 is 18.3 Å². The Hall–Kier alpha value is -2.60. The highest BCUT2D eigenvalue weighted by Crippen LogP contribution is 2.35. The molecule has 23 heavy (non-hydrogen) atoms. The molecule has 3 rings (SSSR count). The van der Waals surface area contributed by atoms with E-state index in [1.165, 1.54) is 6.08 Å². The van der Waals surface area contributed by atoms with Crippen LogP contribution in [0.2, 0.25) is 0 Å². The zero-order chi connectivity index (χ0) is 16.4. The summed E-state index contributed by atoms with van der Waals surface area (Å²) in [5, 5.41) is 10.4. The second-order valence-electron chi connectivity index (χ2n) is 5.24. The van der Waals surface area contributed by atoms with Crippen LogP contribution >= 0.6 is 0 Å². The van der Waals surface area contributed by atoms with Crippen LogP contribution in [-0.4, -0.2) is 25.5 Å². The molecule has 0 spiro atoms. The minimum atomic E-state index is -3.89. The lowest BCUT2D eigenvalue weighted by molar-refractivity contribution is -0.138. The quantitative estimate of drug-likeness (QED) is 0.935. The summed E-state index contributed by atoms with van der Waals surface area (Å²) in [6.07, 6.45) is 1.64. The monoisotopic (exact) mass is 329 g/mol. The summed E-state index contributed by atoms with van der Waals surface area (Å²) >= 11 is 0. The minimum Gasteiger partial charge on any atom is -0.480 e. The maximum atomic E-state index is 12.7. The van der Waals surface area contributed by atoms with Gasteiger partial charge in [-0.1, -0.05) is 48.5 Å². The van der Waals surface area contributed by atoms with E-state index in [1.807, 2.05) is 6.07 Å². The zero-order valence-corrected chi connectivity index (χ0v) is 13.0. The summed E-state index contributed by atoms with van der Waals surface area (Å²) in [5.74, 6) is -1.15. The Bertz CT molecular complexity index is 859. The number of fused-ring (bicyclic) bond motifs is 1. The van der Waals surface area contributed by atoms with Crippen molar-refractivity contribution in [3.05, 3.63) is 71.1 Å². The van der Waals surface area contributed by atoms with Crippen LogP contribution in [0.1, 0.15) is 11.1 Å². The topological polar surface area (TPSA) is 74.7 Å². The normalized spacial score (nSPS) is 17.4. The molecular formula is C17H15NO4S. The van der Waals surface area contributed by atoms with E-state index in [1.54, 1.807) is 48.5 Å². The maximum absolute atomic E-state index is 12.7. The van der Waals surface area contributed by atoms with E-state index in [0.29, 0.717) is 5.69 Å². The summed E-state index contributed by atoms with van der Waals surface area (Å²) in [4.78, 5) is 11.5. The molecule has 0 saturated carbocycles. The molecule has 0 amide bonds. The first-order chi connectivity index (χ1) is 11.0. The van der Waals surface area contributed by atoms with Crippen molar-refractivity contribution in [3.8, 4) is 0 Å². The third kappa shape index (κ3) is 2.98. The Morgan fingerprint density at radius 1 is 1.09 bits per heavy atom. The van der Waals surface area contributed by atoms with Gasteiger partial charge in [-0.3, -0.25) is 4.31 Å². The summed E-state index contributed by atoms with van der Waals surface area (Å²) in [7, 11) is -3.89. The lowest BCUT2D eigenvalue weighted by Crippen LogP contribution is -2.41. The molecule has 5 nitrogen and oxygen atoms in total. The molecule has 2 aromatic carbocycles. The number of aliphatic carboxylic acids is 1. The maximum Gasteiger partial charge on any atom is 0.327 e. The van der Waals surface area contributed by atoms with Crippen LogP contribution in [0.25, 0.3) is 6.08 Å². The van der Waals surface area contributed by atoms with Crippen LogP contribution in [0, 0.1) is 0 Å². The first-order valence-electron chi connectivity index (χ1n) is 7.07. The molecule has 1 N–H and O–H groups in total. The summed E-state index contributed by atoms with van der Waals surface area (Å²) in [6.45, 7) is 0. The smallest absolute Gasteiger partial charge is 0.327 e. The number of para-hydroxylation sites is 1. The lowest BCUT2D eigenvalue weighted by Gasteiger charge is -2.22. The number of hydrogen-bond acceptors (Lipinski definition) is 3. The van der Waals surface area contributed by atoms with Gasteiger partial charge in [0.2, 0.25) is 0 Å². The van der Waals surface area contributed by atoms with Gasteiger partial charge in [0.15, 0.2) is 0 Å².